The summed E-state index contributed by atoms with van der Waals surface area (Å²) in [7, 11) is -2.71. The highest BCUT2D eigenvalue weighted by Crippen LogP contribution is 2.59. The van der Waals surface area contributed by atoms with Crippen molar-refractivity contribution in [2.45, 2.75) is 63.1 Å². The number of carbonyl (C=O) groups is 2. The molecule has 38 heavy (non-hydrogen) atoms. The molecule has 1 spiro atoms. The third kappa shape index (κ3) is 4.71. The fourth-order valence-corrected chi connectivity index (χ4v) is 9.38. The molecule has 4 N–H and O–H groups in total. The highest BCUT2D eigenvalue weighted by molar-refractivity contribution is 6.71. The maximum atomic E-state index is 14.2. The van der Waals surface area contributed by atoms with Crippen molar-refractivity contribution in [1.29, 1.82) is 0 Å². The van der Waals surface area contributed by atoms with Gasteiger partial charge in [-0.25, -0.2) is 0 Å². The quantitative estimate of drug-likeness (QED) is 0.403. The molecule has 0 bridgehead atoms. The summed E-state index contributed by atoms with van der Waals surface area (Å²) in [4.78, 5) is 39.8. The van der Waals surface area contributed by atoms with E-state index in [4.69, 9.17) is 4.74 Å². The Balaban J connectivity index is 1.38. The zero-order valence-corrected chi connectivity index (χ0v) is 23.4. The number of carbonyl (C=O) groups excluding carboxylic acids is 2. The molecular formula is C29H39N3O5Si. The van der Waals surface area contributed by atoms with Gasteiger partial charge in [0.25, 0.3) is 5.91 Å². The zero-order chi connectivity index (χ0) is 27.1. The average Bonchev–Trinajstić information content (AvgIpc) is 3.33. The van der Waals surface area contributed by atoms with E-state index in [0.29, 0.717) is 19.5 Å². The van der Waals surface area contributed by atoms with Crippen LogP contribution in [0.3, 0.4) is 0 Å². The summed E-state index contributed by atoms with van der Waals surface area (Å²) >= 11 is 0. The first kappa shape index (κ1) is 27.0. The second-order valence-electron chi connectivity index (χ2n) is 11.5. The normalized spacial score (nSPS) is 29.1. The van der Waals surface area contributed by atoms with E-state index in [1.54, 1.807) is 4.90 Å². The van der Waals surface area contributed by atoms with E-state index in [1.807, 2.05) is 68.5 Å². The van der Waals surface area contributed by atoms with Gasteiger partial charge in [0.05, 0.1) is 24.3 Å². The van der Waals surface area contributed by atoms with Gasteiger partial charge in [0.15, 0.2) is 13.9 Å². The Morgan fingerprint density at radius 1 is 1.21 bits per heavy atom. The lowest BCUT2D eigenvalue weighted by molar-refractivity contribution is -0.146. The van der Waals surface area contributed by atoms with Gasteiger partial charge in [-0.1, -0.05) is 37.3 Å². The molecule has 5 atom stereocenters. The molecule has 3 aliphatic heterocycles. The Bertz CT molecular complexity index is 1180. The van der Waals surface area contributed by atoms with Crippen LogP contribution >= 0.6 is 0 Å². The van der Waals surface area contributed by atoms with Gasteiger partial charge in [-0.2, -0.15) is 0 Å². The Morgan fingerprint density at radius 3 is 2.61 bits per heavy atom. The monoisotopic (exact) mass is 537 g/mol. The lowest BCUT2D eigenvalue weighted by Gasteiger charge is -2.32. The first-order chi connectivity index (χ1) is 18.2. The summed E-state index contributed by atoms with van der Waals surface area (Å²) in [5, 5.41) is 16.0. The smallest absolute Gasteiger partial charge is 0.264 e. The minimum Gasteiger partial charge on any atom is -0.432 e. The molecule has 5 rings (SSSR count). The Kier molecular flexibility index (Phi) is 7.50. The Hall–Kier alpha value is -2.56. The second kappa shape index (κ2) is 10.5. The maximum Gasteiger partial charge on any atom is 0.264 e. The van der Waals surface area contributed by atoms with Crippen molar-refractivity contribution < 1.29 is 24.2 Å². The maximum absolute atomic E-state index is 14.2. The van der Waals surface area contributed by atoms with Crippen LogP contribution < -0.4 is 15.5 Å². The second-order valence-corrected chi connectivity index (χ2v) is 15.5. The number of piperidine rings is 1. The number of hydrogen-bond donors (Lipinski definition) is 4. The predicted molar refractivity (Wildman–Crippen MR) is 149 cm³/mol. The molecule has 9 heteroatoms. The fraction of sp³-hybridized carbons (Fsp3) is 0.517. The molecular weight excluding hydrogens is 498 g/mol. The molecule has 8 nitrogen and oxygen atoms in total. The standard InChI is InChI=1S/C29H39N3O5Si/c1-19-26(38(2,3)36)25(14-16-33)37-29(19)23-8-4-5-9-24(23)32(28(29)35)18-20-10-12-22(13-11-20)31-27(34)21-7-6-15-30-17-21/h4-5,8-13,19,21,25-26,30,33,36H,6-7,14-18H2,1-3H3,(H,31,34)/t19-,21?,25+,26-,29+/m0/s1. The SMILES string of the molecule is C[C@H]1[C@H]([Si](C)(C)O)[C@@H](CCO)O[C@]12C(=O)N(Cc1ccc(NC(=O)C3CCCNC3)cc1)c1ccccc12. The van der Waals surface area contributed by atoms with Crippen molar-refractivity contribution in [1.82, 2.24) is 5.32 Å². The summed E-state index contributed by atoms with van der Waals surface area (Å²) in [5.74, 6) is -0.351. The summed E-state index contributed by atoms with van der Waals surface area (Å²) < 4.78 is 6.60. The van der Waals surface area contributed by atoms with Gasteiger partial charge in [-0.3, -0.25) is 9.59 Å². The lowest BCUT2D eigenvalue weighted by atomic mass is 9.82. The van der Waals surface area contributed by atoms with E-state index in [1.165, 1.54) is 0 Å². The van der Waals surface area contributed by atoms with Crippen LogP contribution in [0, 0.1) is 11.8 Å². The molecule has 204 valence electrons. The number of benzene rings is 2. The van der Waals surface area contributed by atoms with Crippen LogP contribution in [0.15, 0.2) is 48.5 Å². The topological polar surface area (TPSA) is 111 Å². The van der Waals surface area contributed by atoms with E-state index in [-0.39, 0.29) is 41.9 Å². The number of rotatable bonds is 7. The molecule has 0 aliphatic carbocycles. The highest BCUT2D eigenvalue weighted by atomic mass is 28.4. The Morgan fingerprint density at radius 2 is 1.95 bits per heavy atom. The van der Waals surface area contributed by atoms with Crippen molar-refractivity contribution >= 4 is 31.5 Å². The third-order valence-corrected chi connectivity index (χ3v) is 11.0. The minimum atomic E-state index is -2.71. The predicted octanol–water partition coefficient (Wildman–Crippen LogP) is 3.35. The van der Waals surface area contributed by atoms with Crippen LogP contribution in [0.25, 0.3) is 0 Å². The van der Waals surface area contributed by atoms with Crippen LogP contribution in [-0.2, 0) is 26.5 Å². The van der Waals surface area contributed by atoms with Crippen LogP contribution in [0.2, 0.25) is 18.6 Å². The molecule has 2 aromatic rings. The molecule has 0 saturated carbocycles. The minimum absolute atomic E-state index is 0.0165. The van der Waals surface area contributed by atoms with Crippen molar-refractivity contribution in [3.05, 3.63) is 59.7 Å². The van der Waals surface area contributed by atoms with Crippen LogP contribution in [-0.4, -0.2) is 55.8 Å². The number of nitrogens with zero attached hydrogens (tertiary/aromatic N) is 1. The lowest BCUT2D eigenvalue weighted by Crippen LogP contribution is -2.46. The first-order valence-corrected chi connectivity index (χ1v) is 16.7. The number of anilines is 2. The number of para-hydroxylation sites is 1. The number of amides is 2. The van der Waals surface area contributed by atoms with Crippen LogP contribution in [0.5, 0.6) is 0 Å². The van der Waals surface area contributed by atoms with Crippen molar-refractivity contribution in [3.63, 3.8) is 0 Å². The van der Waals surface area contributed by atoms with Gasteiger partial charge in [-0.15, -0.1) is 0 Å². The van der Waals surface area contributed by atoms with E-state index >= 15 is 0 Å². The van der Waals surface area contributed by atoms with E-state index in [0.717, 1.165) is 41.9 Å². The molecule has 1 unspecified atom stereocenters. The molecule has 2 saturated heterocycles. The molecule has 0 aromatic heterocycles. The van der Waals surface area contributed by atoms with Crippen LogP contribution in [0.4, 0.5) is 11.4 Å². The van der Waals surface area contributed by atoms with Crippen LogP contribution in [0.1, 0.15) is 37.3 Å². The highest BCUT2D eigenvalue weighted by Gasteiger charge is 2.65. The van der Waals surface area contributed by atoms with Crippen molar-refractivity contribution in [2.24, 2.45) is 11.8 Å². The Labute approximate surface area is 225 Å². The van der Waals surface area contributed by atoms with Gasteiger partial charge < -0.3 is 30.2 Å². The number of nitrogens with one attached hydrogen (secondary N) is 2. The number of aliphatic hydroxyl groups excluding tert-OH is 1. The summed E-state index contributed by atoms with van der Waals surface area (Å²) in [6.07, 6.45) is 1.89. The van der Waals surface area contributed by atoms with Gasteiger partial charge >= 0.3 is 0 Å². The molecule has 0 radical (unpaired) electrons. The largest absolute Gasteiger partial charge is 0.432 e. The van der Waals surface area contributed by atoms with Gasteiger partial charge in [0.1, 0.15) is 0 Å². The van der Waals surface area contributed by atoms with E-state index < -0.39 is 13.9 Å². The molecule has 3 heterocycles. The van der Waals surface area contributed by atoms with E-state index in [2.05, 4.69) is 10.6 Å². The van der Waals surface area contributed by atoms with E-state index in [9.17, 15) is 19.5 Å². The van der Waals surface area contributed by atoms with Gasteiger partial charge in [0, 0.05) is 35.9 Å². The number of hydrogen-bond acceptors (Lipinski definition) is 6. The molecule has 3 aliphatic rings. The average molecular weight is 538 g/mol. The van der Waals surface area contributed by atoms with Gasteiger partial charge in [0.2, 0.25) is 5.91 Å². The molecule has 2 amide bonds. The third-order valence-electron chi connectivity index (χ3n) is 8.53. The number of aliphatic hydroxyl groups is 1. The number of ether oxygens (including phenoxy) is 1. The summed E-state index contributed by atoms with van der Waals surface area (Å²) in [6.45, 7) is 7.75. The fourth-order valence-electron chi connectivity index (χ4n) is 6.78. The summed E-state index contributed by atoms with van der Waals surface area (Å²) in [5.41, 5.74) is 1.95. The van der Waals surface area contributed by atoms with Crippen molar-refractivity contribution in [3.8, 4) is 0 Å². The summed E-state index contributed by atoms with van der Waals surface area (Å²) in [6, 6.07) is 15.4. The zero-order valence-electron chi connectivity index (χ0n) is 22.4. The van der Waals surface area contributed by atoms with Gasteiger partial charge in [-0.05, 0) is 62.7 Å². The first-order valence-electron chi connectivity index (χ1n) is 13.7. The molecule has 2 aromatic carbocycles. The van der Waals surface area contributed by atoms with Crippen molar-refractivity contribution in [2.75, 3.05) is 29.9 Å². The number of fused-ring (bicyclic) bond motifs is 2. The molecule has 2 fully saturated rings.